The summed E-state index contributed by atoms with van der Waals surface area (Å²) in [5.41, 5.74) is 1.95. The second-order valence-corrected chi connectivity index (χ2v) is 5.02. The van der Waals surface area contributed by atoms with Crippen LogP contribution in [0.5, 0.6) is 0 Å². The van der Waals surface area contributed by atoms with Gasteiger partial charge in [-0.15, -0.1) is 0 Å². The summed E-state index contributed by atoms with van der Waals surface area (Å²) in [5, 5.41) is 11.0. The number of nitro groups is 1. The second kappa shape index (κ2) is 5.84. The van der Waals surface area contributed by atoms with E-state index in [9.17, 15) is 14.9 Å². The molecule has 0 unspecified atom stereocenters. The summed E-state index contributed by atoms with van der Waals surface area (Å²) in [7, 11) is 0. The van der Waals surface area contributed by atoms with Gasteiger partial charge < -0.3 is 4.74 Å². The molecule has 0 spiro atoms. The fourth-order valence-corrected chi connectivity index (χ4v) is 2.23. The molecule has 1 aliphatic heterocycles. The van der Waals surface area contributed by atoms with Gasteiger partial charge in [0.25, 0.3) is 5.69 Å². The Balaban J connectivity index is 2.01. The van der Waals surface area contributed by atoms with E-state index in [4.69, 9.17) is 4.74 Å². The number of aliphatic imine (C=N–C) groups is 1. The number of benzene rings is 2. The summed E-state index contributed by atoms with van der Waals surface area (Å²) < 4.78 is 5.16. The van der Waals surface area contributed by atoms with Crippen LogP contribution < -0.4 is 0 Å². The lowest BCUT2D eigenvalue weighted by Crippen LogP contribution is -2.05. The molecular formula is C17H12N2O4. The van der Waals surface area contributed by atoms with E-state index in [2.05, 4.69) is 4.99 Å². The number of rotatable bonds is 3. The maximum Gasteiger partial charge on any atom is 0.363 e. The molecule has 6 nitrogen and oxygen atoms in total. The van der Waals surface area contributed by atoms with Crippen LogP contribution >= 0.6 is 0 Å². The van der Waals surface area contributed by atoms with E-state index < -0.39 is 10.9 Å². The highest BCUT2D eigenvalue weighted by molar-refractivity contribution is 6.13. The predicted octanol–water partition coefficient (Wildman–Crippen LogP) is 3.25. The Kier molecular flexibility index (Phi) is 3.72. The van der Waals surface area contributed by atoms with Crippen molar-refractivity contribution in [2.75, 3.05) is 0 Å². The fourth-order valence-electron chi connectivity index (χ4n) is 2.23. The lowest BCUT2D eigenvalue weighted by Gasteiger charge is -1.99. The molecule has 0 N–H and O–H groups in total. The van der Waals surface area contributed by atoms with Gasteiger partial charge in [-0.1, -0.05) is 29.8 Å². The number of esters is 1. The van der Waals surface area contributed by atoms with Gasteiger partial charge >= 0.3 is 5.97 Å². The number of para-hydroxylation sites is 1. The molecule has 0 amide bonds. The Morgan fingerprint density at radius 2 is 1.96 bits per heavy atom. The number of nitrogens with zero attached hydrogens (tertiary/aromatic N) is 2. The van der Waals surface area contributed by atoms with Crippen LogP contribution in [0.15, 0.2) is 59.2 Å². The van der Waals surface area contributed by atoms with Crippen LogP contribution in [-0.4, -0.2) is 16.8 Å². The molecule has 0 aliphatic carbocycles. The van der Waals surface area contributed by atoms with Crippen LogP contribution in [0.3, 0.4) is 0 Å². The van der Waals surface area contributed by atoms with Crippen molar-refractivity contribution in [3.63, 3.8) is 0 Å². The van der Waals surface area contributed by atoms with E-state index in [1.807, 2.05) is 25.1 Å². The number of nitro benzene ring substituents is 1. The molecule has 0 atom stereocenters. The molecule has 0 bridgehead atoms. The van der Waals surface area contributed by atoms with Gasteiger partial charge in [-0.2, -0.15) is 0 Å². The van der Waals surface area contributed by atoms with Crippen molar-refractivity contribution in [1.82, 2.24) is 0 Å². The monoisotopic (exact) mass is 308 g/mol. The normalized spacial score (nSPS) is 15.4. The highest BCUT2D eigenvalue weighted by atomic mass is 16.6. The Morgan fingerprint density at radius 1 is 1.17 bits per heavy atom. The Bertz CT molecular complexity index is 868. The average Bonchev–Trinajstić information content (AvgIpc) is 2.89. The van der Waals surface area contributed by atoms with Crippen LogP contribution in [0.25, 0.3) is 6.08 Å². The van der Waals surface area contributed by atoms with Gasteiger partial charge in [0.15, 0.2) is 5.70 Å². The van der Waals surface area contributed by atoms with E-state index in [0.29, 0.717) is 11.1 Å². The van der Waals surface area contributed by atoms with Crippen molar-refractivity contribution in [3.05, 3.63) is 81.0 Å². The van der Waals surface area contributed by atoms with Crippen LogP contribution in [0.1, 0.15) is 16.7 Å². The molecule has 1 heterocycles. The Labute approximate surface area is 131 Å². The molecule has 2 aromatic rings. The minimum atomic E-state index is -0.625. The summed E-state index contributed by atoms with van der Waals surface area (Å²) in [6, 6.07) is 13.5. The topological polar surface area (TPSA) is 81.8 Å². The van der Waals surface area contributed by atoms with Crippen molar-refractivity contribution in [2.24, 2.45) is 4.99 Å². The molecule has 0 aromatic heterocycles. The molecule has 1 aliphatic rings. The maximum absolute atomic E-state index is 12.0. The van der Waals surface area contributed by atoms with Crippen LogP contribution in [0.2, 0.25) is 0 Å². The first-order chi connectivity index (χ1) is 11.0. The van der Waals surface area contributed by atoms with Gasteiger partial charge in [-0.05, 0) is 31.2 Å². The third-order valence-corrected chi connectivity index (χ3v) is 3.31. The number of cyclic esters (lactones) is 1. The van der Waals surface area contributed by atoms with Gasteiger partial charge in [-0.3, -0.25) is 10.1 Å². The van der Waals surface area contributed by atoms with Gasteiger partial charge in [0.2, 0.25) is 5.90 Å². The van der Waals surface area contributed by atoms with Crippen molar-refractivity contribution < 1.29 is 14.5 Å². The summed E-state index contributed by atoms with van der Waals surface area (Å²) in [6.07, 6.45) is 1.36. The highest BCUT2D eigenvalue weighted by Gasteiger charge is 2.25. The zero-order chi connectivity index (χ0) is 16.4. The lowest BCUT2D eigenvalue weighted by molar-refractivity contribution is -0.385. The third-order valence-electron chi connectivity index (χ3n) is 3.31. The maximum atomic E-state index is 12.0. The molecule has 114 valence electrons. The minimum absolute atomic E-state index is 0.0378. The number of hydrogen-bond donors (Lipinski definition) is 0. The number of carbonyl (C=O) groups excluding carboxylic acids is 1. The summed E-state index contributed by atoms with van der Waals surface area (Å²) >= 11 is 0. The lowest BCUT2D eigenvalue weighted by atomic mass is 10.1. The summed E-state index contributed by atoms with van der Waals surface area (Å²) in [5.74, 6) is -0.428. The number of hydrogen-bond acceptors (Lipinski definition) is 5. The Morgan fingerprint density at radius 3 is 2.70 bits per heavy atom. The molecular weight excluding hydrogens is 296 g/mol. The quantitative estimate of drug-likeness (QED) is 0.377. The van der Waals surface area contributed by atoms with Gasteiger partial charge in [0.05, 0.1) is 10.5 Å². The molecule has 23 heavy (non-hydrogen) atoms. The van der Waals surface area contributed by atoms with Crippen molar-refractivity contribution in [2.45, 2.75) is 6.92 Å². The molecule has 3 rings (SSSR count). The molecule has 0 saturated heterocycles. The molecule has 0 saturated carbocycles. The first kappa shape index (κ1) is 14.6. The van der Waals surface area contributed by atoms with E-state index in [1.165, 1.54) is 12.1 Å². The number of aryl methyl sites for hydroxylation is 1. The van der Waals surface area contributed by atoms with Crippen LogP contribution in [0, 0.1) is 17.0 Å². The zero-order valence-corrected chi connectivity index (χ0v) is 12.2. The SMILES string of the molecule is Cc1cccc(C2=N/C(=C/c3ccccc3[N+](=O)[O-])C(=O)O2)c1. The van der Waals surface area contributed by atoms with Crippen molar-refractivity contribution in [1.29, 1.82) is 0 Å². The van der Waals surface area contributed by atoms with Gasteiger partial charge in [0, 0.05) is 11.6 Å². The highest BCUT2D eigenvalue weighted by Crippen LogP contribution is 2.24. The van der Waals surface area contributed by atoms with E-state index >= 15 is 0 Å². The Hall–Kier alpha value is -3.28. The number of carbonyl (C=O) groups is 1. The summed E-state index contributed by atoms with van der Waals surface area (Å²) in [6.45, 7) is 1.92. The van der Waals surface area contributed by atoms with E-state index in [-0.39, 0.29) is 17.3 Å². The van der Waals surface area contributed by atoms with Gasteiger partial charge in [0.1, 0.15) is 0 Å². The largest absolute Gasteiger partial charge is 0.402 e. The first-order valence-electron chi connectivity index (χ1n) is 6.87. The smallest absolute Gasteiger partial charge is 0.363 e. The van der Waals surface area contributed by atoms with Crippen molar-refractivity contribution in [3.8, 4) is 0 Å². The third kappa shape index (κ3) is 3.01. The second-order valence-electron chi connectivity index (χ2n) is 5.02. The molecule has 0 radical (unpaired) electrons. The van der Waals surface area contributed by atoms with Crippen molar-refractivity contribution >= 4 is 23.6 Å². The van der Waals surface area contributed by atoms with E-state index in [1.54, 1.807) is 24.3 Å². The fraction of sp³-hybridized carbons (Fsp3) is 0.0588. The standard InChI is InChI=1S/C17H12N2O4/c1-11-5-4-7-13(9-11)16-18-14(17(20)23-16)10-12-6-2-3-8-15(12)19(21)22/h2-10H,1H3/b14-10+. The molecule has 2 aromatic carbocycles. The summed E-state index contributed by atoms with van der Waals surface area (Å²) in [4.78, 5) is 26.6. The van der Waals surface area contributed by atoms with Crippen LogP contribution in [0.4, 0.5) is 5.69 Å². The first-order valence-corrected chi connectivity index (χ1v) is 6.87. The predicted molar refractivity (Wildman–Crippen MR) is 84.9 cm³/mol. The van der Waals surface area contributed by atoms with Gasteiger partial charge in [-0.25, -0.2) is 9.79 Å². The number of ether oxygens (including phenoxy) is 1. The molecule has 0 fully saturated rings. The van der Waals surface area contributed by atoms with E-state index in [0.717, 1.165) is 5.56 Å². The average molecular weight is 308 g/mol. The zero-order valence-electron chi connectivity index (χ0n) is 12.2. The minimum Gasteiger partial charge on any atom is -0.402 e. The van der Waals surface area contributed by atoms with Crippen LogP contribution in [-0.2, 0) is 9.53 Å². The molecule has 6 heteroatoms.